The number of carbonyl (C=O) groups excluding carboxylic acids is 2. The summed E-state index contributed by atoms with van der Waals surface area (Å²) in [5.74, 6) is 0.234. The van der Waals surface area contributed by atoms with Gasteiger partial charge >= 0.3 is 0 Å². The van der Waals surface area contributed by atoms with Gasteiger partial charge in [-0.25, -0.2) is 0 Å². The number of amides is 2. The predicted molar refractivity (Wildman–Crippen MR) is 136 cm³/mol. The predicted octanol–water partition coefficient (Wildman–Crippen LogP) is 5.04. The van der Waals surface area contributed by atoms with Gasteiger partial charge in [0.1, 0.15) is 0 Å². The molecule has 0 fully saturated rings. The Kier molecular flexibility index (Phi) is 8.97. The van der Waals surface area contributed by atoms with Gasteiger partial charge in [-0.15, -0.1) is 16.8 Å². The van der Waals surface area contributed by atoms with Gasteiger partial charge in [0.15, 0.2) is 11.0 Å². The Morgan fingerprint density at radius 3 is 2.56 bits per heavy atom. The first-order chi connectivity index (χ1) is 15.4. The number of nitrogens with zero attached hydrogens (tertiary/aromatic N) is 3. The smallest absolute Gasteiger partial charge is 0.251 e. The molecule has 3 aromatic rings. The Morgan fingerprint density at radius 1 is 1.12 bits per heavy atom. The van der Waals surface area contributed by atoms with E-state index in [1.807, 2.05) is 24.3 Å². The number of carbonyl (C=O) groups is 2. The number of benzene rings is 2. The molecule has 166 valence electrons. The minimum Gasteiger partial charge on any atom is -0.345 e. The van der Waals surface area contributed by atoms with Crippen molar-refractivity contribution < 1.29 is 9.59 Å². The van der Waals surface area contributed by atoms with Crippen LogP contribution in [-0.2, 0) is 17.9 Å². The molecule has 0 radical (unpaired) electrons. The lowest BCUT2D eigenvalue weighted by molar-refractivity contribution is -0.113. The van der Waals surface area contributed by atoms with Crippen LogP contribution in [0.25, 0.3) is 0 Å². The van der Waals surface area contributed by atoms with Crippen LogP contribution in [-0.4, -0.2) is 32.3 Å². The molecular formula is C21H18Cl2IN5O2S. The van der Waals surface area contributed by atoms with Crippen LogP contribution in [0.15, 0.2) is 60.3 Å². The van der Waals surface area contributed by atoms with Crippen molar-refractivity contribution >= 4 is 75.1 Å². The molecule has 1 aromatic heterocycles. The van der Waals surface area contributed by atoms with Crippen molar-refractivity contribution in [2.24, 2.45) is 0 Å². The molecule has 0 aliphatic carbocycles. The molecular weight excluding hydrogens is 584 g/mol. The molecule has 0 saturated carbocycles. The zero-order valence-electron chi connectivity index (χ0n) is 16.6. The summed E-state index contributed by atoms with van der Waals surface area (Å²) in [5, 5.41) is 15.2. The van der Waals surface area contributed by atoms with Crippen molar-refractivity contribution in [2.75, 3.05) is 11.1 Å². The summed E-state index contributed by atoms with van der Waals surface area (Å²) in [5.41, 5.74) is 1.12. The second-order valence-corrected chi connectivity index (χ2v) is 9.46. The third kappa shape index (κ3) is 6.71. The summed E-state index contributed by atoms with van der Waals surface area (Å²) in [6.45, 7) is 4.34. The summed E-state index contributed by atoms with van der Waals surface area (Å²) in [7, 11) is 0. The van der Waals surface area contributed by atoms with E-state index in [0.717, 1.165) is 9.26 Å². The van der Waals surface area contributed by atoms with Gasteiger partial charge in [-0.2, -0.15) is 0 Å². The van der Waals surface area contributed by atoms with Crippen LogP contribution in [0.1, 0.15) is 16.2 Å². The second-order valence-electron chi connectivity index (χ2n) is 6.45. The van der Waals surface area contributed by atoms with Crippen LogP contribution >= 0.6 is 57.6 Å². The zero-order chi connectivity index (χ0) is 23.1. The lowest BCUT2D eigenvalue weighted by atomic mass is 10.2. The number of allylic oxidation sites excluding steroid dienone is 1. The van der Waals surface area contributed by atoms with Gasteiger partial charge in [-0.05, 0) is 65.1 Å². The topological polar surface area (TPSA) is 88.9 Å². The number of halogens is 3. The number of rotatable bonds is 9. The van der Waals surface area contributed by atoms with Gasteiger partial charge in [0.25, 0.3) is 5.91 Å². The van der Waals surface area contributed by atoms with Crippen LogP contribution in [0, 0.1) is 3.57 Å². The number of hydrogen-bond acceptors (Lipinski definition) is 5. The first-order valence-corrected chi connectivity index (χ1v) is 12.1. The maximum Gasteiger partial charge on any atom is 0.251 e. The van der Waals surface area contributed by atoms with E-state index in [1.54, 1.807) is 22.8 Å². The highest BCUT2D eigenvalue weighted by molar-refractivity contribution is 14.1. The van der Waals surface area contributed by atoms with Crippen molar-refractivity contribution in [1.29, 1.82) is 0 Å². The first kappa shape index (κ1) is 24.6. The lowest BCUT2D eigenvalue weighted by Crippen LogP contribution is -2.25. The lowest BCUT2D eigenvalue weighted by Gasteiger charge is -2.09. The molecule has 0 spiro atoms. The van der Waals surface area contributed by atoms with Crippen molar-refractivity contribution in [1.82, 2.24) is 20.1 Å². The number of nitrogens with one attached hydrogen (secondary N) is 2. The molecule has 1 heterocycles. The molecule has 0 aliphatic rings. The fourth-order valence-electron chi connectivity index (χ4n) is 2.63. The Morgan fingerprint density at radius 2 is 1.88 bits per heavy atom. The molecule has 3 rings (SSSR count). The molecule has 2 N–H and O–H groups in total. The van der Waals surface area contributed by atoms with Gasteiger partial charge in [0, 0.05) is 21.4 Å². The minimum atomic E-state index is -0.317. The van der Waals surface area contributed by atoms with E-state index in [2.05, 4.69) is 50.0 Å². The molecule has 2 amide bonds. The van der Waals surface area contributed by atoms with Crippen LogP contribution in [0.2, 0.25) is 10.0 Å². The highest BCUT2D eigenvalue weighted by Crippen LogP contribution is 2.23. The quantitative estimate of drug-likeness (QED) is 0.204. The average molecular weight is 602 g/mol. The zero-order valence-corrected chi connectivity index (χ0v) is 21.1. The molecule has 0 unspecified atom stereocenters. The Labute approximate surface area is 213 Å². The van der Waals surface area contributed by atoms with E-state index in [4.69, 9.17) is 23.2 Å². The third-order valence-corrected chi connectivity index (χ3v) is 6.58. The Bertz CT molecular complexity index is 1140. The maximum absolute atomic E-state index is 12.4. The minimum absolute atomic E-state index is 0.148. The monoisotopic (exact) mass is 601 g/mol. The van der Waals surface area contributed by atoms with Crippen molar-refractivity contribution in [3.8, 4) is 0 Å². The third-order valence-electron chi connectivity index (χ3n) is 4.15. The van der Waals surface area contributed by atoms with E-state index in [0.29, 0.717) is 33.1 Å². The van der Waals surface area contributed by atoms with E-state index < -0.39 is 0 Å². The summed E-state index contributed by atoms with van der Waals surface area (Å²) in [6, 6.07) is 12.2. The normalized spacial score (nSPS) is 10.6. The van der Waals surface area contributed by atoms with Crippen molar-refractivity contribution in [2.45, 2.75) is 18.2 Å². The number of aromatic nitrogens is 3. The van der Waals surface area contributed by atoms with Gasteiger partial charge in [0.2, 0.25) is 5.91 Å². The molecule has 32 heavy (non-hydrogen) atoms. The van der Waals surface area contributed by atoms with E-state index in [9.17, 15) is 9.59 Å². The van der Waals surface area contributed by atoms with Crippen LogP contribution in [0.3, 0.4) is 0 Å². The van der Waals surface area contributed by atoms with Gasteiger partial charge in [-0.1, -0.05) is 41.0 Å². The first-order valence-electron chi connectivity index (χ1n) is 9.32. The van der Waals surface area contributed by atoms with Gasteiger partial charge in [0.05, 0.1) is 22.3 Å². The molecule has 7 nitrogen and oxygen atoms in total. The van der Waals surface area contributed by atoms with Crippen LogP contribution < -0.4 is 10.6 Å². The molecule has 11 heteroatoms. The van der Waals surface area contributed by atoms with Crippen LogP contribution in [0.5, 0.6) is 0 Å². The molecule has 0 atom stereocenters. The Balaban J connectivity index is 1.60. The fourth-order valence-corrected chi connectivity index (χ4v) is 4.05. The van der Waals surface area contributed by atoms with Crippen molar-refractivity contribution in [3.05, 3.63) is 80.1 Å². The molecule has 0 bridgehead atoms. The van der Waals surface area contributed by atoms with Gasteiger partial charge in [-0.3, -0.25) is 9.59 Å². The summed E-state index contributed by atoms with van der Waals surface area (Å²) < 4.78 is 2.89. The van der Waals surface area contributed by atoms with E-state index >= 15 is 0 Å². The molecule has 0 saturated heterocycles. The standard InChI is InChI=1S/C21H18Cl2IN5O2S/c1-2-9-29-18(11-25-20(31)13-3-8-16(22)17(23)10-13)27-28-21(29)32-12-19(30)26-15-6-4-14(24)5-7-15/h2-8,10H,1,9,11-12H2,(H,25,31)(H,26,30). The second kappa shape index (κ2) is 11.7. The highest BCUT2D eigenvalue weighted by atomic mass is 127. The summed E-state index contributed by atoms with van der Waals surface area (Å²) in [4.78, 5) is 24.7. The molecule has 2 aromatic carbocycles. The maximum atomic E-state index is 12.4. The average Bonchev–Trinajstić information content (AvgIpc) is 3.16. The molecule has 0 aliphatic heterocycles. The van der Waals surface area contributed by atoms with E-state index in [1.165, 1.54) is 17.8 Å². The van der Waals surface area contributed by atoms with E-state index in [-0.39, 0.29) is 24.1 Å². The largest absolute Gasteiger partial charge is 0.345 e. The van der Waals surface area contributed by atoms with Crippen LogP contribution in [0.4, 0.5) is 5.69 Å². The van der Waals surface area contributed by atoms with Crippen molar-refractivity contribution in [3.63, 3.8) is 0 Å². The van der Waals surface area contributed by atoms with Gasteiger partial charge < -0.3 is 15.2 Å². The number of thioether (sulfide) groups is 1. The summed E-state index contributed by atoms with van der Waals surface area (Å²) >= 11 is 15.3. The summed E-state index contributed by atoms with van der Waals surface area (Å²) in [6.07, 6.45) is 1.70. The fraction of sp³-hybridized carbons (Fsp3) is 0.143. The Hall–Kier alpha value is -2.08. The number of anilines is 1. The SMILES string of the molecule is C=CCn1c(CNC(=O)c2ccc(Cl)c(Cl)c2)nnc1SCC(=O)Nc1ccc(I)cc1. The number of hydrogen-bond donors (Lipinski definition) is 2. The highest BCUT2D eigenvalue weighted by Gasteiger charge is 2.15.